The van der Waals surface area contributed by atoms with Crippen LogP contribution in [0, 0.1) is 0 Å². The molecule has 1 aromatic rings. The van der Waals surface area contributed by atoms with Crippen LogP contribution < -0.4 is 5.32 Å². The fraction of sp³-hybridized carbons (Fsp3) is 0.429. The van der Waals surface area contributed by atoms with Gasteiger partial charge >= 0.3 is 0 Å². The fourth-order valence-electron chi connectivity index (χ4n) is 0.826. The van der Waals surface area contributed by atoms with Crippen LogP contribution >= 0.6 is 27.5 Å². The summed E-state index contributed by atoms with van der Waals surface area (Å²) in [6.45, 7) is 0.283. The van der Waals surface area contributed by atoms with Crippen LogP contribution in [0.5, 0.6) is 0 Å². The number of hydrogen-bond donors (Lipinski definition) is 1. The van der Waals surface area contributed by atoms with Gasteiger partial charge in [-0.15, -0.1) is 0 Å². The van der Waals surface area contributed by atoms with E-state index in [1.54, 1.807) is 0 Å². The van der Waals surface area contributed by atoms with E-state index in [2.05, 4.69) is 31.2 Å². The van der Waals surface area contributed by atoms with Crippen LogP contribution in [0.4, 0.5) is 5.82 Å². The Kier molecular flexibility index (Phi) is 4.30. The van der Waals surface area contributed by atoms with E-state index in [9.17, 15) is 8.42 Å². The third kappa shape index (κ3) is 4.31. The van der Waals surface area contributed by atoms with Crippen LogP contribution in [0.3, 0.4) is 0 Å². The molecule has 1 rings (SSSR count). The Morgan fingerprint density at radius 2 is 2.20 bits per heavy atom. The molecule has 0 aliphatic rings. The van der Waals surface area contributed by atoms with Crippen LogP contribution in [-0.2, 0) is 9.84 Å². The first-order chi connectivity index (χ1) is 6.90. The van der Waals surface area contributed by atoms with Gasteiger partial charge in [-0.3, -0.25) is 0 Å². The van der Waals surface area contributed by atoms with Crippen molar-refractivity contribution in [3.63, 3.8) is 0 Å². The van der Waals surface area contributed by atoms with E-state index in [4.69, 9.17) is 11.6 Å². The zero-order chi connectivity index (χ0) is 11.5. The van der Waals surface area contributed by atoms with E-state index < -0.39 is 9.84 Å². The van der Waals surface area contributed by atoms with Crippen molar-refractivity contribution in [3.05, 3.63) is 16.0 Å². The molecule has 0 fully saturated rings. The zero-order valence-electron chi connectivity index (χ0n) is 7.87. The quantitative estimate of drug-likeness (QED) is 0.849. The molecule has 0 amide bonds. The first kappa shape index (κ1) is 12.7. The normalized spacial score (nSPS) is 11.4. The second-order valence-electron chi connectivity index (χ2n) is 2.88. The minimum atomic E-state index is -2.97. The molecule has 0 aromatic carbocycles. The second-order valence-corrected chi connectivity index (χ2v) is 6.29. The van der Waals surface area contributed by atoms with E-state index in [0.717, 1.165) is 0 Å². The molecule has 1 aromatic heterocycles. The highest BCUT2D eigenvalue weighted by molar-refractivity contribution is 9.10. The number of rotatable bonds is 4. The van der Waals surface area contributed by atoms with Gasteiger partial charge in [0, 0.05) is 12.8 Å². The zero-order valence-corrected chi connectivity index (χ0v) is 11.0. The van der Waals surface area contributed by atoms with Crippen LogP contribution in [0.1, 0.15) is 0 Å². The smallest absolute Gasteiger partial charge is 0.149 e. The molecule has 15 heavy (non-hydrogen) atoms. The van der Waals surface area contributed by atoms with Gasteiger partial charge in [0.1, 0.15) is 27.1 Å². The Morgan fingerprint density at radius 1 is 1.53 bits per heavy atom. The van der Waals surface area contributed by atoms with E-state index in [-0.39, 0.29) is 17.5 Å². The molecule has 0 unspecified atom stereocenters. The first-order valence-electron chi connectivity index (χ1n) is 3.98. The highest BCUT2D eigenvalue weighted by Gasteiger charge is 2.07. The molecule has 0 saturated heterocycles. The molecule has 0 aliphatic heterocycles. The van der Waals surface area contributed by atoms with Gasteiger partial charge in [0.05, 0.1) is 10.2 Å². The molecule has 0 aliphatic carbocycles. The van der Waals surface area contributed by atoms with Gasteiger partial charge in [0.15, 0.2) is 0 Å². The number of hydrogen-bond acceptors (Lipinski definition) is 5. The topological polar surface area (TPSA) is 72.0 Å². The van der Waals surface area contributed by atoms with Crippen molar-refractivity contribution in [2.75, 3.05) is 23.9 Å². The van der Waals surface area contributed by atoms with Crippen LogP contribution in [-0.4, -0.2) is 36.9 Å². The van der Waals surface area contributed by atoms with E-state index in [0.29, 0.717) is 10.3 Å². The van der Waals surface area contributed by atoms with Crippen LogP contribution in [0.25, 0.3) is 0 Å². The Hall–Kier alpha value is -0.400. The van der Waals surface area contributed by atoms with E-state index in [1.807, 2.05) is 0 Å². The highest BCUT2D eigenvalue weighted by Crippen LogP contribution is 2.25. The summed E-state index contributed by atoms with van der Waals surface area (Å²) in [4.78, 5) is 7.66. The van der Waals surface area contributed by atoms with Crippen molar-refractivity contribution in [2.24, 2.45) is 0 Å². The first-order valence-corrected chi connectivity index (χ1v) is 7.21. The third-order valence-electron chi connectivity index (χ3n) is 1.51. The molecule has 0 spiro atoms. The average molecular weight is 315 g/mol. The Labute approximate surface area is 101 Å². The molecule has 0 atom stereocenters. The maximum atomic E-state index is 10.9. The molecule has 0 radical (unpaired) electrons. The summed E-state index contributed by atoms with van der Waals surface area (Å²) in [5, 5.41) is 3.13. The van der Waals surface area contributed by atoms with Gasteiger partial charge in [0.2, 0.25) is 0 Å². The molecule has 0 bridgehead atoms. The second kappa shape index (κ2) is 5.09. The molecular weight excluding hydrogens is 306 g/mol. The third-order valence-corrected chi connectivity index (χ3v) is 3.72. The van der Waals surface area contributed by atoms with Crippen molar-refractivity contribution in [1.82, 2.24) is 9.97 Å². The lowest BCUT2D eigenvalue weighted by molar-refractivity contribution is 0.602. The van der Waals surface area contributed by atoms with Crippen molar-refractivity contribution in [3.8, 4) is 0 Å². The maximum absolute atomic E-state index is 10.9. The predicted molar refractivity (Wildman–Crippen MR) is 62.9 cm³/mol. The SMILES string of the molecule is CS(=O)(=O)CCNc1ncnc(Cl)c1Br. The lowest BCUT2D eigenvalue weighted by Crippen LogP contribution is -2.15. The molecule has 0 saturated carbocycles. The van der Waals surface area contributed by atoms with Gasteiger partial charge in [-0.25, -0.2) is 18.4 Å². The monoisotopic (exact) mass is 313 g/mol. The Bertz CT molecular complexity index is 452. The average Bonchev–Trinajstić information content (AvgIpc) is 2.10. The fourth-order valence-corrected chi connectivity index (χ4v) is 1.78. The van der Waals surface area contributed by atoms with Crippen LogP contribution in [0.2, 0.25) is 5.15 Å². The summed E-state index contributed by atoms with van der Waals surface area (Å²) >= 11 is 8.92. The lowest BCUT2D eigenvalue weighted by atomic mass is 10.5. The van der Waals surface area contributed by atoms with Crippen molar-refractivity contribution < 1.29 is 8.42 Å². The summed E-state index contributed by atoms with van der Waals surface area (Å²) < 4.78 is 22.3. The van der Waals surface area contributed by atoms with Crippen LogP contribution in [0.15, 0.2) is 10.8 Å². The summed E-state index contributed by atoms with van der Waals surface area (Å²) in [5.74, 6) is 0.528. The summed E-state index contributed by atoms with van der Waals surface area (Å²) in [6, 6.07) is 0. The largest absolute Gasteiger partial charge is 0.368 e. The Morgan fingerprint density at radius 3 is 2.80 bits per heavy atom. The molecule has 1 heterocycles. The number of anilines is 1. The number of nitrogens with one attached hydrogen (secondary N) is 1. The molecule has 8 heteroatoms. The summed E-state index contributed by atoms with van der Waals surface area (Å²) in [6.07, 6.45) is 2.48. The summed E-state index contributed by atoms with van der Waals surface area (Å²) in [5.41, 5.74) is 0. The predicted octanol–water partition coefficient (Wildman–Crippen LogP) is 1.35. The van der Waals surface area contributed by atoms with Crippen molar-refractivity contribution >= 4 is 43.2 Å². The molecular formula is C7H9BrClN3O2S. The highest BCUT2D eigenvalue weighted by atomic mass is 79.9. The van der Waals surface area contributed by atoms with E-state index in [1.165, 1.54) is 12.6 Å². The Balaban J connectivity index is 2.62. The standard InChI is InChI=1S/C7H9BrClN3O2S/c1-15(13,14)3-2-10-7-5(8)6(9)11-4-12-7/h4H,2-3H2,1H3,(H,10,11,12). The molecule has 84 valence electrons. The maximum Gasteiger partial charge on any atom is 0.149 e. The molecule has 1 N–H and O–H groups in total. The number of halogens is 2. The number of sulfone groups is 1. The van der Waals surface area contributed by atoms with Crippen molar-refractivity contribution in [2.45, 2.75) is 0 Å². The minimum Gasteiger partial charge on any atom is -0.368 e. The molecule has 5 nitrogen and oxygen atoms in total. The van der Waals surface area contributed by atoms with Gasteiger partial charge < -0.3 is 5.32 Å². The number of nitrogens with zero attached hydrogens (tertiary/aromatic N) is 2. The number of aromatic nitrogens is 2. The lowest BCUT2D eigenvalue weighted by Gasteiger charge is -2.06. The van der Waals surface area contributed by atoms with Gasteiger partial charge in [-0.2, -0.15) is 0 Å². The van der Waals surface area contributed by atoms with Gasteiger partial charge in [-0.1, -0.05) is 11.6 Å². The van der Waals surface area contributed by atoms with Gasteiger partial charge in [-0.05, 0) is 15.9 Å². The van der Waals surface area contributed by atoms with E-state index >= 15 is 0 Å². The van der Waals surface area contributed by atoms with Crippen molar-refractivity contribution in [1.29, 1.82) is 0 Å². The minimum absolute atomic E-state index is 0.0427. The van der Waals surface area contributed by atoms with Gasteiger partial charge in [0.25, 0.3) is 0 Å². The summed E-state index contributed by atoms with van der Waals surface area (Å²) in [7, 11) is -2.97.